The number of halogens is 3. The van der Waals surface area contributed by atoms with Crippen LogP contribution >= 0.6 is 0 Å². The molecule has 0 atom stereocenters. The van der Waals surface area contributed by atoms with Crippen LogP contribution in [0.15, 0.2) is 36.9 Å². The summed E-state index contributed by atoms with van der Waals surface area (Å²) in [4.78, 5) is 3.53. The molecule has 3 nitrogen and oxygen atoms in total. The first-order chi connectivity index (χ1) is 7.07. The highest BCUT2D eigenvalue weighted by Gasteiger charge is 2.31. The van der Waals surface area contributed by atoms with Gasteiger partial charge in [0.25, 0.3) is 0 Å². The molecule has 0 aliphatic heterocycles. The highest BCUT2D eigenvalue weighted by Crippen LogP contribution is 2.29. The number of aromatic nitrogens is 3. The molecule has 0 aliphatic carbocycles. The first kappa shape index (κ1) is 9.70. The maximum absolute atomic E-state index is 12.3. The van der Waals surface area contributed by atoms with Crippen LogP contribution in [-0.2, 0) is 6.18 Å². The Bertz CT molecular complexity index is 448. The summed E-state index contributed by atoms with van der Waals surface area (Å²) in [6.45, 7) is 0. The van der Waals surface area contributed by atoms with Crippen molar-refractivity contribution in [1.29, 1.82) is 0 Å². The lowest BCUT2D eigenvalue weighted by Gasteiger charge is -2.07. The lowest BCUT2D eigenvalue weighted by molar-refractivity contribution is -0.137. The molecule has 2 aromatic rings. The molecule has 6 heteroatoms. The Hall–Kier alpha value is -1.85. The van der Waals surface area contributed by atoms with Gasteiger partial charge in [-0.05, 0) is 12.1 Å². The van der Waals surface area contributed by atoms with Gasteiger partial charge in [0.15, 0.2) is 0 Å². The molecular formula is C9H6F3N3. The lowest BCUT2D eigenvalue weighted by Crippen LogP contribution is -2.07. The van der Waals surface area contributed by atoms with Crippen LogP contribution in [-0.4, -0.2) is 14.8 Å². The van der Waals surface area contributed by atoms with Gasteiger partial charge in [-0.2, -0.15) is 18.3 Å². The van der Waals surface area contributed by atoms with Crippen molar-refractivity contribution in [1.82, 2.24) is 14.8 Å². The van der Waals surface area contributed by atoms with Crippen LogP contribution in [0.5, 0.6) is 0 Å². The fraction of sp³-hybridized carbons (Fsp3) is 0.111. The second-order valence-corrected chi connectivity index (χ2v) is 2.88. The summed E-state index contributed by atoms with van der Waals surface area (Å²) >= 11 is 0. The van der Waals surface area contributed by atoms with Gasteiger partial charge in [0, 0.05) is 18.6 Å². The highest BCUT2D eigenvalue weighted by atomic mass is 19.4. The maximum Gasteiger partial charge on any atom is 0.417 e. The van der Waals surface area contributed by atoms with Gasteiger partial charge in [0.1, 0.15) is 0 Å². The molecule has 0 bridgehead atoms. The molecule has 0 unspecified atom stereocenters. The Morgan fingerprint density at radius 3 is 2.60 bits per heavy atom. The molecule has 15 heavy (non-hydrogen) atoms. The summed E-state index contributed by atoms with van der Waals surface area (Å²) < 4.78 is 38.3. The summed E-state index contributed by atoms with van der Waals surface area (Å²) in [5.41, 5.74) is -0.495. The summed E-state index contributed by atoms with van der Waals surface area (Å²) in [5, 5.41) is 3.82. The Morgan fingerprint density at radius 2 is 2.00 bits per heavy atom. The summed E-state index contributed by atoms with van der Waals surface area (Å²) in [6, 6.07) is 2.63. The molecular weight excluding hydrogens is 207 g/mol. The van der Waals surface area contributed by atoms with Crippen molar-refractivity contribution in [2.24, 2.45) is 0 Å². The third-order valence-electron chi connectivity index (χ3n) is 1.82. The molecule has 2 rings (SSSR count). The van der Waals surface area contributed by atoms with Gasteiger partial charge < -0.3 is 0 Å². The van der Waals surface area contributed by atoms with Gasteiger partial charge >= 0.3 is 6.18 Å². The largest absolute Gasteiger partial charge is 0.417 e. The number of hydrogen-bond acceptors (Lipinski definition) is 2. The Kier molecular flexibility index (Phi) is 2.18. The first-order valence-corrected chi connectivity index (χ1v) is 4.09. The van der Waals surface area contributed by atoms with Crippen molar-refractivity contribution in [3.8, 4) is 5.69 Å². The molecule has 2 heterocycles. The van der Waals surface area contributed by atoms with Crippen molar-refractivity contribution >= 4 is 0 Å². The van der Waals surface area contributed by atoms with E-state index in [0.717, 1.165) is 12.3 Å². The van der Waals surface area contributed by atoms with E-state index in [4.69, 9.17) is 0 Å². The minimum Gasteiger partial charge on any atom is -0.262 e. The third kappa shape index (κ3) is 1.98. The van der Waals surface area contributed by atoms with E-state index in [9.17, 15) is 13.2 Å². The van der Waals surface area contributed by atoms with Crippen molar-refractivity contribution in [2.45, 2.75) is 6.18 Å². The number of rotatable bonds is 1. The lowest BCUT2D eigenvalue weighted by atomic mass is 10.2. The topological polar surface area (TPSA) is 30.7 Å². The minimum absolute atomic E-state index is 0.287. The zero-order chi connectivity index (χ0) is 10.9. The SMILES string of the molecule is FC(F)(F)c1cncc(-n2cccn2)c1. The Morgan fingerprint density at radius 1 is 1.20 bits per heavy atom. The van der Waals surface area contributed by atoms with E-state index >= 15 is 0 Å². The monoisotopic (exact) mass is 213 g/mol. The van der Waals surface area contributed by atoms with E-state index in [1.54, 1.807) is 12.3 Å². The van der Waals surface area contributed by atoms with E-state index in [1.165, 1.54) is 17.1 Å². The predicted octanol–water partition coefficient (Wildman–Crippen LogP) is 2.29. The molecule has 0 fully saturated rings. The van der Waals surface area contributed by atoms with Gasteiger partial charge in [-0.1, -0.05) is 0 Å². The van der Waals surface area contributed by atoms with Crippen LogP contribution in [0.2, 0.25) is 0 Å². The average Bonchev–Trinajstić information content (AvgIpc) is 2.69. The van der Waals surface area contributed by atoms with Crippen LogP contribution in [0.3, 0.4) is 0 Å². The smallest absolute Gasteiger partial charge is 0.262 e. The summed E-state index contributed by atoms with van der Waals surface area (Å²) in [5.74, 6) is 0. The average molecular weight is 213 g/mol. The van der Waals surface area contributed by atoms with Crippen LogP contribution in [0.4, 0.5) is 13.2 Å². The zero-order valence-electron chi connectivity index (χ0n) is 7.44. The second-order valence-electron chi connectivity index (χ2n) is 2.88. The summed E-state index contributed by atoms with van der Waals surface area (Å²) in [6.07, 6.45) is 0.767. The van der Waals surface area contributed by atoms with Crippen LogP contribution in [0, 0.1) is 0 Å². The van der Waals surface area contributed by atoms with Gasteiger partial charge in [-0.3, -0.25) is 4.98 Å². The molecule has 78 valence electrons. The predicted molar refractivity (Wildman–Crippen MR) is 46.4 cm³/mol. The van der Waals surface area contributed by atoms with E-state index in [0.29, 0.717) is 0 Å². The van der Waals surface area contributed by atoms with Gasteiger partial charge in [0.2, 0.25) is 0 Å². The van der Waals surface area contributed by atoms with Crippen molar-refractivity contribution in [3.63, 3.8) is 0 Å². The molecule has 0 saturated carbocycles. The molecule has 0 spiro atoms. The Balaban J connectivity index is 2.44. The fourth-order valence-corrected chi connectivity index (χ4v) is 1.13. The number of pyridine rings is 1. The molecule has 0 N–H and O–H groups in total. The van der Waals surface area contributed by atoms with Gasteiger partial charge in [-0.25, -0.2) is 4.68 Å². The summed E-state index contributed by atoms with van der Waals surface area (Å²) in [7, 11) is 0. The van der Waals surface area contributed by atoms with Crippen molar-refractivity contribution < 1.29 is 13.2 Å². The molecule has 0 aromatic carbocycles. The number of hydrogen-bond donors (Lipinski definition) is 0. The van der Waals surface area contributed by atoms with Crippen molar-refractivity contribution in [3.05, 3.63) is 42.5 Å². The van der Waals surface area contributed by atoms with Crippen LogP contribution < -0.4 is 0 Å². The fourth-order valence-electron chi connectivity index (χ4n) is 1.13. The molecule has 0 saturated heterocycles. The highest BCUT2D eigenvalue weighted by molar-refractivity contribution is 5.32. The van der Waals surface area contributed by atoms with E-state index in [1.807, 2.05) is 0 Å². The standard InChI is InChI=1S/C9H6F3N3/c10-9(11,12)7-4-8(6-13-5-7)15-3-1-2-14-15/h1-6H. The van der Waals surface area contributed by atoms with Gasteiger partial charge in [-0.15, -0.1) is 0 Å². The van der Waals surface area contributed by atoms with E-state index in [-0.39, 0.29) is 5.69 Å². The number of nitrogens with zero attached hydrogens (tertiary/aromatic N) is 3. The molecule has 0 aliphatic rings. The zero-order valence-corrected chi connectivity index (χ0v) is 7.44. The molecule has 2 aromatic heterocycles. The minimum atomic E-state index is -4.38. The molecule has 0 amide bonds. The Labute approximate surface area is 83.2 Å². The quantitative estimate of drug-likeness (QED) is 0.727. The van der Waals surface area contributed by atoms with E-state index in [2.05, 4.69) is 10.1 Å². The second kappa shape index (κ2) is 3.38. The normalized spacial score (nSPS) is 11.7. The van der Waals surface area contributed by atoms with Crippen LogP contribution in [0.25, 0.3) is 5.69 Å². The third-order valence-corrected chi connectivity index (χ3v) is 1.82. The first-order valence-electron chi connectivity index (χ1n) is 4.09. The van der Waals surface area contributed by atoms with Crippen LogP contribution in [0.1, 0.15) is 5.56 Å². The van der Waals surface area contributed by atoms with Crippen molar-refractivity contribution in [2.75, 3.05) is 0 Å². The van der Waals surface area contributed by atoms with Gasteiger partial charge in [0.05, 0.1) is 17.4 Å². The number of alkyl halides is 3. The molecule has 0 radical (unpaired) electrons. The maximum atomic E-state index is 12.3. The van der Waals surface area contributed by atoms with E-state index < -0.39 is 11.7 Å².